The summed E-state index contributed by atoms with van der Waals surface area (Å²) in [5, 5.41) is -2.55. The van der Waals surface area contributed by atoms with Crippen LogP contribution in [0.3, 0.4) is 0 Å². The molecule has 2 fully saturated rings. The minimum atomic E-state index is -4.89. The Morgan fingerprint density at radius 1 is 1.10 bits per heavy atom. The van der Waals surface area contributed by atoms with Gasteiger partial charge < -0.3 is 0 Å². The Balaban J connectivity index is 2.03. The van der Waals surface area contributed by atoms with Gasteiger partial charge in [0.25, 0.3) is 20.2 Å². The van der Waals surface area contributed by atoms with Crippen LogP contribution in [0, 0.1) is 5.92 Å². The number of halogens is 3. The van der Waals surface area contributed by atoms with Crippen molar-refractivity contribution in [3.05, 3.63) is 12.2 Å². The van der Waals surface area contributed by atoms with Crippen LogP contribution in [-0.4, -0.2) is 46.7 Å². The van der Waals surface area contributed by atoms with Crippen LogP contribution in [0.15, 0.2) is 12.2 Å². The smallest absolute Gasteiger partial charge is 0.269 e. The van der Waals surface area contributed by atoms with Gasteiger partial charge in [-0.3, -0.25) is 8.37 Å². The second kappa shape index (κ2) is 4.97. The Labute approximate surface area is 113 Å². The van der Waals surface area contributed by atoms with Crippen LogP contribution in [-0.2, 0) is 28.6 Å². The van der Waals surface area contributed by atoms with Gasteiger partial charge in [-0.15, -0.1) is 0 Å². The van der Waals surface area contributed by atoms with Crippen molar-refractivity contribution in [1.82, 2.24) is 0 Å². The Morgan fingerprint density at radius 2 is 1.75 bits per heavy atom. The third kappa shape index (κ3) is 3.51. The lowest BCUT2D eigenvalue weighted by Gasteiger charge is -2.10. The van der Waals surface area contributed by atoms with Crippen molar-refractivity contribution < 1.29 is 38.4 Å². The Hall–Kier alpha value is -0.650. The van der Waals surface area contributed by atoms with Gasteiger partial charge in [-0.1, -0.05) is 12.2 Å². The number of rotatable bonds is 2. The molecule has 2 rings (SSSR count). The first-order valence-electron chi connectivity index (χ1n) is 5.54. The topological polar surface area (TPSA) is 86.7 Å². The molecule has 20 heavy (non-hydrogen) atoms. The Bertz CT molecular complexity index is 606. The van der Waals surface area contributed by atoms with Crippen molar-refractivity contribution in [1.29, 1.82) is 0 Å². The summed E-state index contributed by atoms with van der Waals surface area (Å²) >= 11 is 0. The number of hydrogen-bond acceptors (Lipinski definition) is 6. The van der Waals surface area contributed by atoms with Crippen LogP contribution >= 0.6 is 0 Å². The molecule has 0 bridgehead atoms. The van der Waals surface area contributed by atoms with Gasteiger partial charge >= 0.3 is 6.18 Å². The molecule has 0 N–H and O–H groups in total. The normalized spacial score (nSPS) is 36.6. The fourth-order valence-electron chi connectivity index (χ4n) is 1.96. The van der Waals surface area contributed by atoms with Gasteiger partial charge in [0.2, 0.25) is 0 Å². The molecule has 0 saturated carbocycles. The van der Waals surface area contributed by atoms with E-state index in [-0.39, 0.29) is 12.4 Å². The first kappa shape index (κ1) is 15.7. The van der Waals surface area contributed by atoms with Crippen molar-refractivity contribution >= 4 is 20.2 Å². The molecule has 0 radical (unpaired) electrons. The largest absolute Gasteiger partial charge is 0.407 e. The number of hydrogen-bond donors (Lipinski definition) is 0. The number of alkyl halides is 3. The SMILES string of the molecule is O=S1(=O)CC(/C=C/C2CC(C(F)(F)F)S(=O)(=O)O2)CO1. The summed E-state index contributed by atoms with van der Waals surface area (Å²) in [5.41, 5.74) is 0. The van der Waals surface area contributed by atoms with Gasteiger partial charge in [0.15, 0.2) is 5.25 Å². The van der Waals surface area contributed by atoms with E-state index in [1.54, 1.807) is 0 Å². The molecule has 0 aromatic carbocycles. The molecule has 2 aliphatic heterocycles. The maximum Gasteiger partial charge on any atom is 0.407 e. The first-order valence-corrected chi connectivity index (χ1v) is 8.59. The second-order valence-electron chi connectivity index (χ2n) is 4.55. The van der Waals surface area contributed by atoms with Crippen molar-refractivity contribution in [3.63, 3.8) is 0 Å². The van der Waals surface area contributed by atoms with Crippen LogP contribution in [0.2, 0.25) is 0 Å². The third-order valence-corrected chi connectivity index (χ3v) is 5.90. The maximum atomic E-state index is 12.5. The van der Waals surface area contributed by atoms with Gasteiger partial charge in [0, 0.05) is 12.3 Å². The summed E-state index contributed by atoms with van der Waals surface area (Å²) in [7, 11) is -8.28. The molecule has 3 atom stereocenters. The molecule has 2 heterocycles. The lowest BCUT2D eigenvalue weighted by molar-refractivity contribution is -0.130. The zero-order valence-corrected chi connectivity index (χ0v) is 11.5. The summed E-state index contributed by atoms with van der Waals surface area (Å²) in [6.07, 6.45) is -4.42. The molecule has 11 heteroatoms. The lowest BCUT2D eigenvalue weighted by atomic mass is 10.1. The maximum absolute atomic E-state index is 12.5. The highest BCUT2D eigenvalue weighted by Gasteiger charge is 2.55. The summed E-state index contributed by atoms with van der Waals surface area (Å²) in [5.74, 6) is -0.803. The molecule has 116 valence electrons. The van der Waals surface area contributed by atoms with E-state index in [4.69, 9.17) is 0 Å². The van der Waals surface area contributed by atoms with Gasteiger partial charge in [-0.05, 0) is 0 Å². The van der Waals surface area contributed by atoms with Crippen molar-refractivity contribution in [2.24, 2.45) is 5.92 Å². The quantitative estimate of drug-likeness (QED) is 0.541. The van der Waals surface area contributed by atoms with Crippen LogP contribution in [0.25, 0.3) is 0 Å². The fourth-order valence-corrected chi connectivity index (χ4v) is 4.54. The van der Waals surface area contributed by atoms with E-state index < -0.39 is 50.1 Å². The van der Waals surface area contributed by atoms with E-state index in [9.17, 15) is 30.0 Å². The lowest BCUT2D eigenvalue weighted by Crippen LogP contribution is -2.32. The minimum absolute atomic E-state index is 0.110. The van der Waals surface area contributed by atoms with E-state index in [1.807, 2.05) is 0 Å². The molecular formula is C9H11F3O6S2. The predicted molar refractivity (Wildman–Crippen MR) is 60.6 cm³/mol. The summed E-state index contributed by atoms with van der Waals surface area (Å²) < 4.78 is 90.7. The van der Waals surface area contributed by atoms with Crippen LogP contribution in [0.5, 0.6) is 0 Å². The van der Waals surface area contributed by atoms with Crippen molar-refractivity contribution in [2.75, 3.05) is 12.4 Å². The van der Waals surface area contributed by atoms with Crippen LogP contribution < -0.4 is 0 Å². The zero-order chi connectivity index (χ0) is 15.2. The highest BCUT2D eigenvalue weighted by atomic mass is 32.2. The van der Waals surface area contributed by atoms with Gasteiger partial charge in [-0.2, -0.15) is 30.0 Å². The van der Waals surface area contributed by atoms with E-state index in [2.05, 4.69) is 8.37 Å². The van der Waals surface area contributed by atoms with E-state index in [1.165, 1.54) is 6.08 Å². The van der Waals surface area contributed by atoms with Crippen molar-refractivity contribution in [2.45, 2.75) is 24.0 Å². The second-order valence-corrected chi connectivity index (χ2v) is 7.98. The van der Waals surface area contributed by atoms with E-state index >= 15 is 0 Å². The molecule has 0 spiro atoms. The van der Waals surface area contributed by atoms with Gasteiger partial charge in [0.05, 0.1) is 18.5 Å². The predicted octanol–water partition coefficient (Wildman–Crippen LogP) is 0.568. The van der Waals surface area contributed by atoms with Gasteiger partial charge in [0.1, 0.15) is 0 Å². The van der Waals surface area contributed by atoms with Gasteiger partial charge in [-0.25, -0.2) is 0 Å². The highest BCUT2D eigenvalue weighted by molar-refractivity contribution is 7.87. The average molecular weight is 336 g/mol. The summed E-state index contributed by atoms with van der Waals surface area (Å²) in [4.78, 5) is 0. The van der Waals surface area contributed by atoms with Crippen LogP contribution in [0.1, 0.15) is 6.42 Å². The van der Waals surface area contributed by atoms with E-state index in [0.29, 0.717) is 0 Å². The molecule has 0 aromatic heterocycles. The monoisotopic (exact) mass is 336 g/mol. The molecule has 2 saturated heterocycles. The summed E-state index contributed by atoms with van der Waals surface area (Å²) in [6, 6.07) is 0. The third-order valence-electron chi connectivity index (χ3n) is 2.90. The molecule has 0 amide bonds. The van der Waals surface area contributed by atoms with Crippen molar-refractivity contribution in [3.8, 4) is 0 Å². The molecule has 2 aliphatic rings. The Morgan fingerprint density at radius 3 is 2.20 bits per heavy atom. The minimum Gasteiger partial charge on any atom is -0.269 e. The molecule has 0 aliphatic carbocycles. The molecule has 6 nitrogen and oxygen atoms in total. The fraction of sp³-hybridized carbons (Fsp3) is 0.778. The van der Waals surface area contributed by atoms with Crippen LogP contribution in [0.4, 0.5) is 13.2 Å². The highest BCUT2D eigenvalue weighted by Crippen LogP contribution is 2.37. The molecule has 0 aromatic rings. The molecule has 3 unspecified atom stereocenters. The Kier molecular flexibility index (Phi) is 3.91. The molecular weight excluding hydrogens is 325 g/mol. The standard InChI is InChI=1S/C9H11F3O6S2/c10-9(11,12)8-3-7(18-20(8,15)16)2-1-6-4-17-19(13,14)5-6/h1-2,6-8H,3-5H2/b2-1+. The van der Waals surface area contributed by atoms with E-state index in [0.717, 1.165) is 6.08 Å². The first-order chi connectivity index (χ1) is 9.00. The summed E-state index contributed by atoms with van der Waals surface area (Å²) in [6.45, 7) is -0.110. The zero-order valence-electron chi connectivity index (χ0n) is 9.91. The average Bonchev–Trinajstić information content (AvgIpc) is 2.74.